The summed E-state index contributed by atoms with van der Waals surface area (Å²) in [4.78, 5) is 25.7. The largest absolute Gasteiger partial charge is 0.477 e. The predicted octanol–water partition coefficient (Wildman–Crippen LogP) is 3.91. The van der Waals surface area contributed by atoms with Crippen LogP contribution in [0.25, 0.3) is 11.1 Å². The zero-order valence-corrected chi connectivity index (χ0v) is 14.6. The number of rotatable bonds is 3. The average molecular weight is 372 g/mol. The molecule has 1 heterocycles. The van der Waals surface area contributed by atoms with Gasteiger partial charge in [-0.1, -0.05) is 12.1 Å². The van der Waals surface area contributed by atoms with Crippen molar-refractivity contribution in [3.8, 4) is 11.1 Å². The maximum Gasteiger partial charge on any atom is 0.341 e. The first kappa shape index (κ1) is 18.6. The Morgan fingerprint density at radius 3 is 2.48 bits per heavy atom. The lowest BCUT2D eigenvalue weighted by Crippen LogP contribution is -2.15. The van der Waals surface area contributed by atoms with Crippen LogP contribution in [0, 0.1) is 18.6 Å². The number of aryl methyl sites for hydroxylation is 1. The standard InChI is InChI=1S/C20H18F2N2O3/c1-10-6-13(11-2-3-11)7-14(20(26)27)19(25)24-9-16(22)18(10)12-4-5-17(23)15(21)8-12/h4-9,11H,2-3,23H2,1H3,(H,24,25)(H,26,27). The van der Waals surface area contributed by atoms with E-state index in [2.05, 4.69) is 4.98 Å². The highest BCUT2D eigenvalue weighted by molar-refractivity contribution is 5.87. The highest BCUT2D eigenvalue weighted by Gasteiger charge is 2.24. The molecule has 7 heteroatoms. The zero-order chi connectivity index (χ0) is 19.7. The molecule has 1 aromatic carbocycles. The van der Waals surface area contributed by atoms with Crippen molar-refractivity contribution in [3.05, 3.63) is 75.2 Å². The second-order valence-electron chi connectivity index (χ2n) is 6.54. The molecule has 0 aliphatic heterocycles. The summed E-state index contributed by atoms with van der Waals surface area (Å²) in [5.41, 5.74) is 5.51. The van der Waals surface area contributed by atoms with Gasteiger partial charge in [-0.2, -0.15) is 0 Å². The fourth-order valence-corrected chi connectivity index (χ4v) is 2.92. The lowest BCUT2D eigenvalue weighted by Gasteiger charge is -2.08. The molecule has 0 saturated heterocycles. The lowest BCUT2D eigenvalue weighted by molar-refractivity contribution is 0.0695. The Balaban J connectivity index is 2.37. The third-order valence-electron chi connectivity index (χ3n) is 4.47. The molecule has 1 aliphatic carbocycles. The quantitative estimate of drug-likeness (QED) is 0.712. The molecule has 0 atom stereocenters. The average Bonchev–Trinajstić information content (AvgIpc) is 3.44. The number of benzene rings is 1. The van der Waals surface area contributed by atoms with E-state index < -0.39 is 28.7 Å². The molecule has 4 N–H and O–H groups in total. The van der Waals surface area contributed by atoms with Gasteiger partial charge >= 0.3 is 5.97 Å². The van der Waals surface area contributed by atoms with Crippen molar-refractivity contribution in [2.45, 2.75) is 25.7 Å². The molecule has 1 aliphatic rings. The van der Waals surface area contributed by atoms with Crippen molar-refractivity contribution < 1.29 is 18.7 Å². The predicted molar refractivity (Wildman–Crippen MR) is 98.1 cm³/mol. The minimum Gasteiger partial charge on any atom is -0.477 e. The van der Waals surface area contributed by atoms with E-state index in [9.17, 15) is 23.5 Å². The van der Waals surface area contributed by atoms with Gasteiger partial charge in [-0.15, -0.1) is 0 Å². The van der Waals surface area contributed by atoms with Gasteiger partial charge in [0.15, 0.2) is 0 Å². The maximum absolute atomic E-state index is 14.9. The highest BCUT2D eigenvalue weighted by Crippen LogP contribution is 2.40. The van der Waals surface area contributed by atoms with E-state index >= 15 is 0 Å². The number of anilines is 1. The molecule has 2 aromatic rings. The van der Waals surface area contributed by atoms with Gasteiger partial charge in [0.25, 0.3) is 5.56 Å². The molecule has 140 valence electrons. The first-order chi connectivity index (χ1) is 12.8. The number of carboxylic acids is 1. The van der Waals surface area contributed by atoms with Crippen LogP contribution >= 0.6 is 0 Å². The number of carbonyl (C=O) groups is 1. The summed E-state index contributed by atoms with van der Waals surface area (Å²) in [5.74, 6) is -2.78. The normalized spacial score (nSPS) is 13.1. The number of H-pyrrole nitrogens is 1. The first-order valence-electron chi connectivity index (χ1n) is 8.37. The van der Waals surface area contributed by atoms with Crippen LogP contribution in [0.2, 0.25) is 0 Å². The minimum atomic E-state index is -1.39. The number of nitrogen functional groups attached to an aromatic ring is 1. The van der Waals surface area contributed by atoms with E-state index in [0.29, 0.717) is 11.1 Å². The monoisotopic (exact) mass is 372 g/mol. The Hall–Kier alpha value is -3.22. The van der Waals surface area contributed by atoms with Crippen LogP contribution in [0.5, 0.6) is 0 Å². The van der Waals surface area contributed by atoms with Crippen molar-refractivity contribution >= 4 is 11.7 Å². The molecule has 1 saturated carbocycles. The number of halogens is 2. The second kappa shape index (κ2) is 7.19. The molecular formula is C20H18F2N2O3. The Morgan fingerprint density at radius 2 is 1.89 bits per heavy atom. The van der Waals surface area contributed by atoms with Gasteiger partial charge < -0.3 is 15.8 Å². The number of aromatic nitrogens is 1. The van der Waals surface area contributed by atoms with Crippen LogP contribution in [-0.4, -0.2) is 16.1 Å². The third-order valence-corrected chi connectivity index (χ3v) is 4.47. The van der Waals surface area contributed by atoms with Crippen LogP contribution in [0.4, 0.5) is 14.5 Å². The van der Waals surface area contributed by atoms with Gasteiger partial charge in [0.1, 0.15) is 17.2 Å². The number of hydrogen-bond acceptors (Lipinski definition) is 3. The molecule has 1 fully saturated rings. The number of aromatic carboxylic acids is 1. The first-order valence-corrected chi connectivity index (χ1v) is 8.37. The van der Waals surface area contributed by atoms with Gasteiger partial charge in [-0.05, 0) is 60.6 Å². The fourth-order valence-electron chi connectivity index (χ4n) is 2.92. The van der Waals surface area contributed by atoms with Crippen LogP contribution in [0.1, 0.15) is 40.2 Å². The van der Waals surface area contributed by atoms with Crippen molar-refractivity contribution in [2.24, 2.45) is 0 Å². The Labute approximate surface area is 153 Å². The molecule has 0 amide bonds. The van der Waals surface area contributed by atoms with Crippen LogP contribution in [-0.2, 0) is 0 Å². The van der Waals surface area contributed by atoms with E-state index in [1.54, 1.807) is 13.0 Å². The number of carboxylic acid groups (broad SMARTS) is 1. The van der Waals surface area contributed by atoms with Gasteiger partial charge in [-0.25, -0.2) is 13.6 Å². The van der Waals surface area contributed by atoms with Crippen molar-refractivity contribution in [1.82, 2.24) is 4.98 Å². The number of hydrogen-bond donors (Lipinski definition) is 3. The maximum atomic E-state index is 14.9. The summed E-state index contributed by atoms with van der Waals surface area (Å²) < 4.78 is 28.7. The van der Waals surface area contributed by atoms with E-state index in [4.69, 9.17) is 5.73 Å². The number of nitrogens with one attached hydrogen (secondary N) is 1. The number of nitrogens with two attached hydrogens (primary N) is 1. The van der Waals surface area contributed by atoms with Gasteiger partial charge in [0.05, 0.1) is 5.69 Å². The topological polar surface area (TPSA) is 96.2 Å². The van der Waals surface area contributed by atoms with E-state index in [1.165, 1.54) is 18.2 Å². The molecule has 3 rings (SSSR count). The zero-order valence-electron chi connectivity index (χ0n) is 14.6. The van der Waals surface area contributed by atoms with Crippen LogP contribution < -0.4 is 11.3 Å². The Morgan fingerprint density at radius 1 is 1.19 bits per heavy atom. The summed E-state index contributed by atoms with van der Waals surface area (Å²) in [6, 6.07) is 6.91. The summed E-state index contributed by atoms with van der Waals surface area (Å²) >= 11 is 0. The minimum absolute atomic E-state index is 0.0576. The van der Waals surface area contributed by atoms with Crippen molar-refractivity contribution in [3.63, 3.8) is 0 Å². The summed E-state index contributed by atoms with van der Waals surface area (Å²) in [7, 11) is 0. The summed E-state index contributed by atoms with van der Waals surface area (Å²) in [5, 5.41) is 9.29. The van der Waals surface area contributed by atoms with Gasteiger partial charge in [0.2, 0.25) is 0 Å². The van der Waals surface area contributed by atoms with Crippen LogP contribution in [0.15, 0.2) is 41.3 Å². The van der Waals surface area contributed by atoms with Crippen molar-refractivity contribution in [1.29, 1.82) is 0 Å². The lowest BCUT2D eigenvalue weighted by atomic mass is 9.99. The molecule has 0 bridgehead atoms. The number of aromatic amines is 1. The Kier molecular flexibility index (Phi) is 4.94. The second-order valence-corrected chi connectivity index (χ2v) is 6.54. The smallest absolute Gasteiger partial charge is 0.341 e. The van der Waals surface area contributed by atoms with Gasteiger partial charge in [0, 0.05) is 11.8 Å². The van der Waals surface area contributed by atoms with Crippen LogP contribution in [0.3, 0.4) is 0 Å². The fraction of sp³-hybridized carbons (Fsp3) is 0.200. The highest BCUT2D eigenvalue weighted by atomic mass is 19.1. The molecule has 0 radical (unpaired) electrons. The molecule has 0 spiro atoms. The third kappa shape index (κ3) is 3.97. The molecule has 27 heavy (non-hydrogen) atoms. The van der Waals surface area contributed by atoms with Gasteiger partial charge in [-0.3, -0.25) is 4.79 Å². The SMILES string of the molecule is Cc1cc(C2CC2)cc(C(=O)O)c(=O)[nH]cc(F)c1-c1ccc(N)c(F)c1. The Bertz CT molecular complexity index is 1040. The van der Waals surface area contributed by atoms with E-state index in [0.717, 1.165) is 25.1 Å². The molecule has 5 nitrogen and oxygen atoms in total. The molecule has 0 unspecified atom stereocenters. The molecule has 1 aromatic heterocycles. The van der Waals surface area contributed by atoms with E-state index in [1.807, 2.05) is 0 Å². The van der Waals surface area contributed by atoms with Crippen molar-refractivity contribution in [2.75, 3.05) is 5.73 Å². The summed E-state index contributed by atoms with van der Waals surface area (Å²) in [6.07, 6.45) is 2.49. The molecular weight excluding hydrogens is 354 g/mol. The van der Waals surface area contributed by atoms with E-state index in [-0.39, 0.29) is 22.7 Å². The summed E-state index contributed by atoms with van der Waals surface area (Å²) in [6.45, 7) is 1.65.